The number of amides is 1. The minimum atomic E-state index is -4.52. The van der Waals surface area contributed by atoms with Crippen LogP contribution in [0.2, 0.25) is 5.02 Å². The van der Waals surface area contributed by atoms with Gasteiger partial charge in [0, 0.05) is 59.1 Å². The van der Waals surface area contributed by atoms with E-state index in [0.29, 0.717) is 0 Å². The second kappa shape index (κ2) is 11.1. The summed E-state index contributed by atoms with van der Waals surface area (Å²) in [5.74, 6) is -0.666. The number of halogens is 1. The van der Waals surface area contributed by atoms with Crippen LogP contribution in [0.15, 0.2) is 67.6 Å². The van der Waals surface area contributed by atoms with Gasteiger partial charge >= 0.3 is 0 Å². The van der Waals surface area contributed by atoms with Crippen molar-refractivity contribution in [3.8, 4) is 0 Å². The van der Waals surface area contributed by atoms with Crippen LogP contribution in [-0.2, 0) is 25.0 Å². The molecular formula is C16H13ClN4Na2O7S2. The van der Waals surface area contributed by atoms with Crippen LogP contribution in [0, 0.1) is 0 Å². The monoisotopic (exact) mass is 518 g/mol. The maximum absolute atomic E-state index is 12.7. The Morgan fingerprint density at radius 3 is 2.03 bits per heavy atom. The average molecular weight is 519 g/mol. The molecule has 1 heterocycles. The van der Waals surface area contributed by atoms with E-state index in [9.17, 15) is 26.2 Å². The fourth-order valence-electron chi connectivity index (χ4n) is 2.49. The van der Waals surface area contributed by atoms with Crippen molar-refractivity contribution in [3.63, 3.8) is 0 Å². The van der Waals surface area contributed by atoms with Crippen LogP contribution in [0.5, 0.6) is 0 Å². The first-order valence-corrected chi connectivity index (χ1v) is 11.3. The molecule has 1 amide bonds. The first kappa shape index (κ1) is 29.3. The molecule has 2 aromatic rings. The van der Waals surface area contributed by atoms with Crippen molar-refractivity contribution in [1.82, 2.24) is 0 Å². The van der Waals surface area contributed by atoms with Crippen LogP contribution in [0.25, 0.3) is 0 Å². The van der Waals surface area contributed by atoms with Crippen LogP contribution >= 0.6 is 11.6 Å². The van der Waals surface area contributed by atoms with Crippen molar-refractivity contribution in [3.05, 3.63) is 47.5 Å². The van der Waals surface area contributed by atoms with Crippen molar-refractivity contribution >= 4 is 114 Å². The largest absolute Gasteiger partial charge is 0.294 e. The summed E-state index contributed by atoms with van der Waals surface area (Å²) in [4.78, 5) is 11.9. The smallest absolute Gasteiger partial charge is 0.282 e. The molecule has 1 aliphatic heterocycles. The van der Waals surface area contributed by atoms with Crippen LogP contribution in [0.4, 0.5) is 11.4 Å². The standard InChI is InChI=1S/C16H13ClN4O7S2.2Na/c1-9-15(19-18-10-2-4-11(5-3-10)29(23,24)25)16(22)21(20-9)14-8-12(30(26,27)28)6-7-13(14)17;;/h2-8,15H,1H3,(H,23,24,25)(H,26,27,28);;. The number of rotatable bonds is 5. The molecule has 2 N–H and O–H groups in total. The summed E-state index contributed by atoms with van der Waals surface area (Å²) in [5, 5.41) is 12.7. The van der Waals surface area contributed by atoms with E-state index in [0.717, 1.165) is 29.3 Å². The number of nitrogens with zero attached hydrogens (tertiary/aromatic N) is 4. The Kier molecular flexibility index (Phi) is 10.2. The third-order valence-electron chi connectivity index (χ3n) is 3.96. The molecule has 0 aliphatic carbocycles. The Bertz CT molecular complexity index is 1300. The number of azo groups is 1. The maximum Gasteiger partial charge on any atom is 0.294 e. The predicted molar refractivity (Wildman–Crippen MR) is 118 cm³/mol. The van der Waals surface area contributed by atoms with E-state index in [1.54, 1.807) is 0 Å². The van der Waals surface area contributed by atoms with E-state index in [1.807, 2.05) is 0 Å². The van der Waals surface area contributed by atoms with Gasteiger partial charge in [-0.3, -0.25) is 13.9 Å². The SMILES string of the molecule is CC1=NN(c2cc(S(=O)(=O)O)ccc2Cl)C(=O)C1N=Nc1ccc(S(=O)(=O)O)cc1.[Na].[Na]. The Balaban J connectivity index is 0.00000256. The minimum Gasteiger partial charge on any atom is -0.282 e. The number of anilines is 1. The zero-order valence-electron chi connectivity index (χ0n) is 17.0. The first-order valence-electron chi connectivity index (χ1n) is 8.02. The molecule has 0 spiro atoms. The van der Waals surface area contributed by atoms with Crippen LogP contribution in [0.1, 0.15) is 6.92 Å². The van der Waals surface area contributed by atoms with E-state index >= 15 is 0 Å². The quantitative estimate of drug-likeness (QED) is 0.346. The number of carbonyl (C=O) groups excluding carboxylic acids is 1. The van der Waals surface area contributed by atoms with Crippen LogP contribution in [-0.4, -0.2) is 103 Å². The van der Waals surface area contributed by atoms with E-state index in [1.165, 1.54) is 25.1 Å². The molecule has 32 heavy (non-hydrogen) atoms. The molecule has 16 heteroatoms. The van der Waals surface area contributed by atoms with Gasteiger partial charge in [0.1, 0.15) is 0 Å². The fourth-order valence-corrected chi connectivity index (χ4v) is 3.66. The molecule has 2 radical (unpaired) electrons. The van der Waals surface area contributed by atoms with Gasteiger partial charge in [-0.15, -0.1) is 0 Å². The molecule has 0 saturated carbocycles. The van der Waals surface area contributed by atoms with Crippen LogP contribution in [0.3, 0.4) is 0 Å². The third-order valence-corrected chi connectivity index (χ3v) is 6.00. The van der Waals surface area contributed by atoms with Gasteiger partial charge in [-0.05, 0) is 49.4 Å². The molecule has 160 valence electrons. The van der Waals surface area contributed by atoms with Crippen molar-refractivity contribution in [2.45, 2.75) is 22.8 Å². The van der Waals surface area contributed by atoms with Gasteiger partial charge < -0.3 is 0 Å². The Morgan fingerprint density at radius 2 is 1.50 bits per heavy atom. The zero-order valence-corrected chi connectivity index (χ0v) is 23.4. The second-order valence-electron chi connectivity index (χ2n) is 6.07. The van der Waals surface area contributed by atoms with Gasteiger partial charge in [-0.2, -0.15) is 37.2 Å². The van der Waals surface area contributed by atoms with Gasteiger partial charge in [0.05, 0.1) is 31.9 Å². The predicted octanol–water partition coefficient (Wildman–Crippen LogP) is 1.95. The third kappa shape index (κ3) is 6.67. The Labute approximate surface area is 233 Å². The van der Waals surface area contributed by atoms with E-state index < -0.39 is 37.1 Å². The zero-order chi connectivity index (χ0) is 22.3. The molecule has 3 rings (SSSR count). The van der Waals surface area contributed by atoms with Crippen molar-refractivity contribution in [1.29, 1.82) is 0 Å². The average Bonchev–Trinajstić information content (AvgIpc) is 2.93. The summed E-state index contributed by atoms with van der Waals surface area (Å²) in [7, 11) is -8.87. The van der Waals surface area contributed by atoms with E-state index in [2.05, 4.69) is 15.3 Å². The number of hydrogen-bond donors (Lipinski definition) is 2. The molecular weight excluding hydrogens is 506 g/mol. The molecule has 1 aliphatic rings. The number of hydrogen-bond acceptors (Lipinski definition) is 8. The molecule has 0 saturated heterocycles. The number of carbonyl (C=O) groups is 1. The summed E-state index contributed by atoms with van der Waals surface area (Å²) in [6.07, 6.45) is 0. The van der Waals surface area contributed by atoms with Gasteiger partial charge in [-0.1, -0.05) is 11.6 Å². The Morgan fingerprint density at radius 1 is 0.969 bits per heavy atom. The maximum atomic E-state index is 12.7. The van der Waals surface area contributed by atoms with Gasteiger partial charge in [0.15, 0.2) is 6.04 Å². The molecule has 1 atom stereocenters. The topological polar surface area (TPSA) is 166 Å². The summed E-state index contributed by atoms with van der Waals surface area (Å²) < 4.78 is 63.0. The molecule has 11 nitrogen and oxygen atoms in total. The van der Waals surface area contributed by atoms with Gasteiger partial charge in [-0.25, -0.2) is 0 Å². The van der Waals surface area contributed by atoms with E-state index in [4.69, 9.17) is 16.2 Å². The molecule has 0 aromatic heterocycles. The van der Waals surface area contributed by atoms with Gasteiger partial charge in [0.25, 0.3) is 26.1 Å². The van der Waals surface area contributed by atoms with Gasteiger partial charge in [0.2, 0.25) is 0 Å². The molecule has 1 unspecified atom stereocenters. The molecule has 0 fully saturated rings. The Hall–Kier alpha value is -0.710. The minimum absolute atomic E-state index is 0. The normalized spacial score (nSPS) is 16.5. The van der Waals surface area contributed by atoms with Crippen LogP contribution < -0.4 is 5.01 Å². The molecule has 2 aromatic carbocycles. The summed E-state index contributed by atoms with van der Waals surface area (Å²) >= 11 is 6.05. The molecule has 0 bridgehead atoms. The summed E-state index contributed by atoms with van der Waals surface area (Å²) in [6.45, 7) is 1.50. The van der Waals surface area contributed by atoms with Crippen molar-refractivity contribution < 1.29 is 30.7 Å². The summed E-state index contributed by atoms with van der Waals surface area (Å²) in [5.41, 5.74) is 0.394. The number of hydrazone groups is 1. The second-order valence-corrected chi connectivity index (χ2v) is 9.32. The van der Waals surface area contributed by atoms with E-state index in [-0.39, 0.29) is 86.1 Å². The van der Waals surface area contributed by atoms with Crippen molar-refractivity contribution in [2.75, 3.05) is 5.01 Å². The van der Waals surface area contributed by atoms with Crippen molar-refractivity contribution in [2.24, 2.45) is 15.3 Å². The summed E-state index contributed by atoms with van der Waals surface area (Å²) in [6, 6.07) is 6.94. The first-order chi connectivity index (χ1) is 13.9. The number of benzene rings is 2. The fraction of sp³-hybridized carbons (Fsp3) is 0.125.